The second-order valence-corrected chi connectivity index (χ2v) is 6.56. The first-order valence-corrected chi connectivity index (χ1v) is 7.01. The van der Waals surface area contributed by atoms with Crippen molar-refractivity contribution in [3.05, 3.63) is 48.0 Å². The number of rotatable bonds is 1. The predicted molar refractivity (Wildman–Crippen MR) is 70.8 cm³/mol. The fraction of sp³-hybridized carbons (Fsp3) is 0.529. The smallest absolute Gasteiger partial charge is 0.00329 e. The third kappa shape index (κ3) is 1.30. The van der Waals surface area contributed by atoms with Gasteiger partial charge in [-0.2, -0.15) is 0 Å². The van der Waals surface area contributed by atoms with E-state index in [-0.39, 0.29) is 0 Å². The zero-order valence-electron chi connectivity index (χ0n) is 10.4. The van der Waals surface area contributed by atoms with E-state index in [9.17, 15) is 0 Å². The van der Waals surface area contributed by atoms with Gasteiger partial charge in [0.1, 0.15) is 0 Å². The summed E-state index contributed by atoms with van der Waals surface area (Å²) < 4.78 is 0. The van der Waals surface area contributed by atoms with Gasteiger partial charge < -0.3 is 0 Å². The average molecular weight is 224 g/mol. The van der Waals surface area contributed by atoms with Crippen LogP contribution in [0.5, 0.6) is 0 Å². The maximum Gasteiger partial charge on any atom is -0.00329 e. The van der Waals surface area contributed by atoms with Crippen molar-refractivity contribution in [3.8, 4) is 0 Å². The van der Waals surface area contributed by atoms with Crippen molar-refractivity contribution >= 4 is 0 Å². The lowest BCUT2D eigenvalue weighted by molar-refractivity contribution is 0.0408. The first-order valence-electron chi connectivity index (χ1n) is 7.01. The molecular formula is C17H20. The molecule has 4 saturated carbocycles. The molecule has 0 heteroatoms. The molecule has 4 aliphatic carbocycles. The number of allylic oxidation sites excluding steroid dienone is 1. The lowest BCUT2D eigenvalue weighted by atomic mass is 9.47. The molecular weight excluding hydrogens is 204 g/mol. The summed E-state index contributed by atoms with van der Waals surface area (Å²) in [6.07, 6.45) is 7.07. The molecule has 2 atom stereocenters. The molecule has 4 aliphatic rings. The minimum absolute atomic E-state index is 0.513. The molecule has 0 nitrogen and oxygen atoms in total. The lowest BCUT2D eigenvalue weighted by Crippen LogP contribution is -2.49. The largest absolute Gasteiger partial charge is 0.0993 e. The van der Waals surface area contributed by atoms with Crippen molar-refractivity contribution in [1.29, 1.82) is 0 Å². The van der Waals surface area contributed by atoms with E-state index in [2.05, 4.69) is 36.9 Å². The molecule has 0 N–H and O–H groups in total. The molecule has 0 saturated heterocycles. The molecule has 4 bridgehead atoms. The zero-order chi connectivity index (χ0) is 11.5. The second-order valence-electron chi connectivity index (χ2n) is 6.56. The van der Waals surface area contributed by atoms with E-state index in [1.54, 1.807) is 11.1 Å². The first kappa shape index (κ1) is 9.94. The predicted octanol–water partition coefficient (Wildman–Crippen LogP) is 4.32. The van der Waals surface area contributed by atoms with Crippen LogP contribution in [-0.2, 0) is 5.41 Å². The molecule has 4 fully saturated rings. The van der Waals surface area contributed by atoms with Crippen molar-refractivity contribution in [2.45, 2.75) is 37.5 Å². The summed E-state index contributed by atoms with van der Waals surface area (Å²) in [5.41, 5.74) is 3.71. The molecule has 2 unspecified atom stereocenters. The fourth-order valence-electron chi connectivity index (χ4n) is 5.02. The Morgan fingerprint density at radius 3 is 2.24 bits per heavy atom. The van der Waals surface area contributed by atoms with E-state index in [0.29, 0.717) is 5.41 Å². The van der Waals surface area contributed by atoms with Gasteiger partial charge in [-0.15, -0.1) is 0 Å². The molecule has 1 aromatic carbocycles. The van der Waals surface area contributed by atoms with Gasteiger partial charge in [-0.05, 0) is 60.8 Å². The summed E-state index contributed by atoms with van der Waals surface area (Å²) in [5.74, 6) is 2.65. The Kier molecular flexibility index (Phi) is 1.90. The quantitative estimate of drug-likeness (QED) is 0.623. The van der Waals surface area contributed by atoms with Gasteiger partial charge in [0, 0.05) is 0 Å². The monoisotopic (exact) mass is 224 g/mol. The molecule has 0 aliphatic heterocycles. The van der Waals surface area contributed by atoms with Gasteiger partial charge >= 0.3 is 0 Å². The average Bonchev–Trinajstić information content (AvgIpc) is 2.36. The molecule has 0 amide bonds. The minimum atomic E-state index is 0.513. The van der Waals surface area contributed by atoms with Crippen molar-refractivity contribution in [3.63, 3.8) is 0 Å². The van der Waals surface area contributed by atoms with Crippen LogP contribution >= 0.6 is 0 Å². The van der Waals surface area contributed by atoms with Crippen LogP contribution in [0.2, 0.25) is 0 Å². The summed E-state index contributed by atoms with van der Waals surface area (Å²) in [7, 11) is 0. The molecule has 17 heavy (non-hydrogen) atoms. The Balaban J connectivity index is 1.79. The molecule has 5 rings (SSSR count). The third-order valence-corrected chi connectivity index (χ3v) is 5.62. The lowest BCUT2D eigenvalue weighted by Gasteiger charge is -2.58. The van der Waals surface area contributed by atoms with E-state index in [0.717, 1.165) is 17.8 Å². The maximum atomic E-state index is 4.38. The SMILES string of the molecule is C=C1C2CC3CC1CC(c1ccccc1)(C3)C2. The van der Waals surface area contributed by atoms with Gasteiger partial charge in [0.05, 0.1) is 0 Å². The van der Waals surface area contributed by atoms with Crippen molar-refractivity contribution in [1.82, 2.24) is 0 Å². The van der Waals surface area contributed by atoms with Crippen LogP contribution in [0.4, 0.5) is 0 Å². The summed E-state index contributed by atoms with van der Waals surface area (Å²) in [6, 6.07) is 11.3. The van der Waals surface area contributed by atoms with E-state index < -0.39 is 0 Å². The maximum absolute atomic E-state index is 4.38. The number of hydrogen-bond acceptors (Lipinski definition) is 0. The minimum Gasteiger partial charge on any atom is -0.0993 e. The van der Waals surface area contributed by atoms with Crippen LogP contribution in [0.15, 0.2) is 42.5 Å². The molecule has 1 aromatic rings. The van der Waals surface area contributed by atoms with Gasteiger partial charge in [-0.25, -0.2) is 0 Å². The van der Waals surface area contributed by atoms with Crippen LogP contribution in [-0.4, -0.2) is 0 Å². The highest BCUT2D eigenvalue weighted by Crippen LogP contribution is 2.62. The third-order valence-electron chi connectivity index (χ3n) is 5.62. The Bertz CT molecular complexity index is 438. The highest BCUT2D eigenvalue weighted by molar-refractivity contribution is 5.33. The number of hydrogen-bond donors (Lipinski definition) is 0. The van der Waals surface area contributed by atoms with Crippen LogP contribution in [0.3, 0.4) is 0 Å². The molecule has 0 spiro atoms. The Labute approximate surface area is 104 Å². The fourth-order valence-corrected chi connectivity index (χ4v) is 5.02. The van der Waals surface area contributed by atoms with Gasteiger partial charge in [0.25, 0.3) is 0 Å². The van der Waals surface area contributed by atoms with E-state index in [1.165, 1.54) is 32.1 Å². The van der Waals surface area contributed by atoms with Crippen LogP contribution in [0, 0.1) is 17.8 Å². The number of benzene rings is 1. The highest BCUT2D eigenvalue weighted by atomic mass is 14.6. The van der Waals surface area contributed by atoms with Crippen molar-refractivity contribution < 1.29 is 0 Å². The second kappa shape index (κ2) is 3.25. The first-order chi connectivity index (χ1) is 8.27. The van der Waals surface area contributed by atoms with E-state index >= 15 is 0 Å². The molecule has 0 radical (unpaired) electrons. The highest BCUT2D eigenvalue weighted by Gasteiger charge is 2.52. The van der Waals surface area contributed by atoms with Gasteiger partial charge in [-0.3, -0.25) is 0 Å². The zero-order valence-corrected chi connectivity index (χ0v) is 10.4. The van der Waals surface area contributed by atoms with Gasteiger partial charge in [-0.1, -0.05) is 42.5 Å². The summed E-state index contributed by atoms with van der Waals surface area (Å²) >= 11 is 0. The molecule has 0 heterocycles. The molecule has 0 aromatic heterocycles. The Hall–Kier alpha value is -1.04. The topological polar surface area (TPSA) is 0 Å². The van der Waals surface area contributed by atoms with Crippen molar-refractivity contribution in [2.75, 3.05) is 0 Å². The van der Waals surface area contributed by atoms with Gasteiger partial charge in [0.15, 0.2) is 0 Å². The summed E-state index contributed by atoms with van der Waals surface area (Å²) in [6.45, 7) is 4.38. The summed E-state index contributed by atoms with van der Waals surface area (Å²) in [5, 5.41) is 0. The van der Waals surface area contributed by atoms with Crippen LogP contribution in [0.1, 0.15) is 37.7 Å². The van der Waals surface area contributed by atoms with E-state index in [4.69, 9.17) is 0 Å². The molecule has 88 valence electrons. The Morgan fingerprint density at radius 1 is 0.941 bits per heavy atom. The van der Waals surface area contributed by atoms with Crippen LogP contribution in [0.25, 0.3) is 0 Å². The van der Waals surface area contributed by atoms with Gasteiger partial charge in [0.2, 0.25) is 0 Å². The normalized spacial score (nSPS) is 43.1. The standard InChI is InChI=1S/C17H20/c1-12-14-7-13-8-15(12)11-17(9-13,10-14)16-5-3-2-4-6-16/h2-6,13-15H,1,7-11H2. The summed E-state index contributed by atoms with van der Waals surface area (Å²) in [4.78, 5) is 0. The van der Waals surface area contributed by atoms with Crippen LogP contribution < -0.4 is 0 Å². The Morgan fingerprint density at radius 2 is 1.59 bits per heavy atom. The van der Waals surface area contributed by atoms with Crippen molar-refractivity contribution in [2.24, 2.45) is 17.8 Å². The van der Waals surface area contributed by atoms with E-state index in [1.807, 2.05) is 0 Å².